The number of carbonyl (C=O) groups excluding carboxylic acids is 1. The summed E-state index contributed by atoms with van der Waals surface area (Å²) < 4.78 is 24.9. The molecular formula is C33H28BrN3O6S. The predicted octanol–water partition coefficient (Wildman–Crippen LogP) is 5.03. The first-order valence-electron chi connectivity index (χ1n) is 13.6. The van der Waals surface area contributed by atoms with Crippen molar-refractivity contribution in [2.45, 2.75) is 26.5 Å². The Hall–Kier alpha value is -4.66. The van der Waals surface area contributed by atoms with Crippen LogP contribution in [0.15, 0.2) is 86.2 Å². The highest BCUT2D eigenvalue weighted by Gasteiger charge is 2.35. The van der Waals surface area contributed by atoms with E-state index in [4.69, 9.17) is 18.9 Å². The summed E-state index contributed by atoms with van der Waals surface area (Å²) in [5.74, 6) is 1.02. The summed E-state index contributed by atoms with van der Waals surface area (Å²) in [6.45, 7) is 3.89. The molecule has 0 aliphatic carbocycles. The number of carbonyl (C=O) groups is 1. The summed E-state index contributed by atoms with van der Waals surface area (Å²) in [6.07, 6.45) is 1.78. The third-order valence-electron chi connectivity index (χ3n) is 7.02. The van der Waals surface area contributed by atoms with Crippen molar-refractivity contribution >= 4 is 39.3 Å². The highest BCUT2D eigenvalue weighted by molar-refractivity contribution is 9.10. The third kappa shape index (κ3) is 6.04. The van der Waals surface area contributed by atoms with Crippen LogP contribution in [0.3, 0.4) is 0 Å². The molecule has 3 aromatic carbocycles. The van der Waals surface area contributed by atoms with Crippen LogP contribution in [0.1, 0.15) is 42.1 Å². The van der Waals surface area contributed by atoms with Crippen LogP contribution in [0.4, 0.5) is 0 Å². The lowest BCUT2D eigenvalue weighted by Crippen LogP contribution is -2.40. The molecule has 11 heteroatoms. The quantitative estimate of drug-likeness (QED) is 0.229. The SMILES string of the molecule is CCOC(=O)C1=C(C)N=c2s/c(=C\c3ccc(OCc4ccccc4C#N)cc3)c(=O)n2[C@@H]1c1cc(OC)c(OC)cc1Br. The number of rotatable bonds is 9. The zero-order chi connectivity index (χ0) is 31.4. The van der Waals surface area contributed by atoms with Gasteiger partial charge in [-0.25, -0.2) is 9.79 Å². The maximum absolute atomic E-state index is 14.0. The van der Waals surface area contributed by atoms with Gasteiger partial charge in [0.2, 0.25) is 0 Å². The molecule has 0 amide bonds. The van der Waals surface area contributed by atoms with Gasteiger partial charge in [0.15, 0.2) is 16.3 Å². The molecule has 224 valence electrons. The zero-order valence-corrected chi connectivity index (χ0v) is 26.8. The maximum atomic E-state index is 14.0. The number of aromatic nitrogens is 1. The van der Waals surface area contributed by atoms with Crippen LogP contribution < -0.4 is 29.1 Å². The smallest absolute Gasteiger partial charge is 0.338 e. The Kier molecular flexibility index (Phi) is 9.32. The zero-order valence-electron chi connectivity index (χ0n) is 24.4. The number of allylic oxidation sites excluding steroid dienone is 1. The minimum atomic E-state index is -0.825. The first kappa shape index (κ1) is 30.8. The molecule has 44 heavy (non-hydrogen) atoms. The molecule has 1 aromatic heterocycles. The normalized spacial score (nSPS) is 14.4. The number of fused-ring (bicyclic) bond motifs is 1. The molecule has 0 fully saturated rings. The lowest BCUT2D eigenvalue weighted by atomic mass is 9.95. The molecule has 0 N–H and O–H groups in total. The average molecular weight is 675 g/mol. The van der Waals surface area contributed by atoms with E-state index in [2.05, 4.69) is 27.0 Å². The molecule has 0 spiro atoms. The van der Waals surface area contributed by atoms with Crippen molar-refractivity contribution in [3.63, 3.8) is 0 Å². The molecule has 2 heterocycles. The summed E-state index contributed by atoms with van der Waals surface area (Å²) in [5.41, 5.74) is 3.19. The predicted molar refractivity (Wildman–Crippen MR) is 170 cm³/mol. The Balaban J connectivity index is 1.55. The maximum Gasteiger partial charge on any atom is 0.338 e. The number of nitrogens with zero attached hydrogens (tertiary/aromatic N) is 3. The molecule has 0 radical (unpaired) electrons. The largest absolute Gasteiger partial charge is 0.493 e. The minimum absolute atomic E-state index is 0.171. The molecule has 9 nitrogen and oxygen atoms in total. The Labute approximate surface area is 266 Å². The van der Waals surface area contributed by atoms with E-state index in [9.17, 15) is 14.9 Å². The second-order valence-corrected chi connectivity index (χ2v) is 11.5. The van der Waals surface area contributed by atoms with Gasteiger partial charge in [-0.2, -0.15) is 5.26 Å². The first-order valence-corrected chi connectivity index (χ1v) is 15.2. The van der Waals surface area contributed by atoms with Crippen LogP contribution in [-0.2, 0) is 16.1 Å². The van der Waals surface area contributed by atoms with Crippen LogP contribution >= 0.6 is 27.3 Å². The summed E-state index contributed by atoms with van der Waals surface area (Å²) in [5, 5.41) is 9.31. The number of ether oxygens (including phenoxy) is 4. The Morgan fingerprint density at radius 2 is 1.82 bits per heavy atom. The van der Waals surface area contributed by atoms with Gasteiger partial charge in [0.25, 0.3) is 5.56 Å². The molecule has 1 aliphatic heterocycles. The van der Waals surface area contributed by atoms with Gasteiger partial charge in [-0.05, 0) is 61.4 Å². The summed E-state index contributed by atoms with van der Waals surface area (Å²) in [7, 11) is 3.06. The van der Waals surface area contributed by atoms with Gasteiger partial charge >= 0.3 is 5.97 Å². The number of thiazole rings is 1. The average Bonchev–Trinajstić information content (AvgIpc) is 3.33. The fourth-order valence-corrected chi connectivity index (χ4v) is 6.48. The Morgan fingerprint density at radius 1 is 1.11 bits per heavy atom. The number of hydrogen-bond acceptors (Lipinski definition) is 9. The fraction of sp³-hybridized carbons (Fsp3) is 0.212. The monoisotopic (exact) mass is 673 g/mol. The topological polar surface area (TPSA) is 112 Å². The van der Waals surface area contributed by atoms with Crippen molar-refractivity contribution in [2.75, 3.05) is 20.8 Å². The number of methoxy groups -OCH3 is 2. The van der Waals surface area contributed by atoms with Crippen LogP contribution in [0.2, 0.25) is 0 Å². The van der Waals surface area contributed by atoms with E-state index in [1.165, 1.54) is 30.1 Å². The van der Waals surface area contributed by atoms with E-state index < -0.39 is 12.0 Å². The van der Waals surface area contributed by atoms with Gasteiger partial charge in [0.05, 0.1) is 54.3 Å². The molecule has 1 aliphatic rings. The molecule has 4 aromatic rings. The van der Waals surface area contributed by atoms with E-state index in [-0.39, 0.29) is 24.3 Å². The van der Waals surface area contributed by atoms with Crippen LogP contribution in [-0.4, -0.2) is 31.4 Å². The number of hydrogen-bond donors (Lipinski definition) is 0. The molecule has 0 unspecified atom stereocenters. The van der Waals surface area contributed by atoms with Gasteiger partial charge < -0.3 is 18.9 Å². The summed E-state index contributed by atoms with van der Waals surface area (Å²) in [6, 6.07) is 19.4. The van der Waals surface area contributed by atoms with Crippen molar-refractivity contribution < 1.29 is 23.7 Å². The Morgan fingerprint density at radius 3 is 2.50 bits per heavy atom. The lowest BCUT2D eigenvalue weighted by Gasteiger charge is -2.26. The second kappa shape index (κ2) is 13.3. The van der Waals surface area contributed by atoms with Crippen LogP contribution in [0.5, 0.6) is 17.2 Å². The van der Waals surface area contributed by atoms with Crippen molar-refractivity contribution in [1.29, 1.82) is 5.26 Å². The van der Waals surface area contributed by atoms with Gasteiger partial charge in [-0.15, -0.1) is 0 Å². The van der Waals surface area contributed by atoms with Crippen molar-refractivity contribution in [3.05, 3.63) is 118 Å². The summed E-state index contributed by atoms with van der Waals surface area (Å²) in [4.78, 5) is 32.3. The van der Waals surface area contributed by atoms with E-state index >= 15 is 0 Å². The molecular weight excluding hydrogens is 646 g/mol. The van der Waals surface area contributed by atoms with Gasteiger partial charge in [-0.3, -0.25) is 9.36 Å². The molecule has 0 bridgehead atoms. The number of nitriles is 1. The highest BCUT2D eigenvalue weighted by atomic mass is 79.9. The third-order valence-corrected chi connectivity index (χ3v) is 8.69. The van der Waals surface area contributed by atoms with Gasteiger partial charge in [0.1, 0.15) is 12.4 Å². The van der Waals surface area contributed by atoms with Crippen LogP contribution in [0, 0.1) is 11.3 Å². The molecule has 0 saturated carbocycles. The highest BCUT2D eigenvalue weighted by Crippen LogP contribution is 2.40. The van der Waals surface area contributed by atoms with Crippen molar-refractivity contribution in [1.82, 2.24) is 4.57 Å². The van der Waals surface area contributed by atoms with E-state index in [0.717, 1.165) is 11.1 Å². The Bertz CT molecular complexity index is 1990. The lowest BCUT2D eigenvalue weighted by molar-refractivity contribution is -0.139. The molecule has 5 rings (SSSR count). The van der Waals surface area contributed by atoms with Crippen molar-refractivity contribution in [2.24, 2.45) is 4.99 Å². The fourth-order valence-electron chi connectivity index (χ4n) is 4.89. The summed E-state index contributed by atoms with van der Waals surface area (Å²) >= 11 is 4.85. The number of halogens is 1. The van der Waals surface area contributed by atoms with E-state index in [1.807, 2.05) is 42.5 Å². The van der Waals surface area contributed by atoms with Gasteiger partial charge in [-0.1, -0.05) is 57.6 Å². The minimum Gasteiger partial charge on any atom is -0.493 e. The standard InChI is InChI=1S/C33H28BrN3O6S/c1-5-42-32(39)29-19(2)36-33-37(30(29)24-15-26(40-3)27(41-4)16-25(24)34)31(38)28(44-33)14-20-10-12-23(13-11-20)43-18-22-9-7-6-8-21(22)17-35/h6-16,30H,5,18H2,1-4H3/b28-14-/t30-/m1/s1. The number of esters is 1. The molecule has 0 saturated heterocycles. The van der Waals surface area contributed by atoms with E-state index in [0.29, 0.717) is 47.9 Å². The van der Waals surface area contributed by atoms with Crippen molar-refractivity contribution in [3.8, 4) is 23.3 Å². The van der Waals surface area contributed by atoms with Gasteiger partial charge in [0, 0.05) is 10.0 Å². The second-order valence-electron chi connectivity index (χ2n) is 9.66. The van der Waals surface area contributed by atoms with Crippen LogP contribution in [0.25, 0.3) is 6.08 Å². The van der Waals surface area contributed by atoms with E-state index in [1.54, 1.807) is 38.1 Å². The first-order chi connectivity index (χ1) is 21.3. The molecule has 1 atom stereocenters. The number of benzene rings is 3.